The Kier molecular flexibility index (Phi) is 9.11. The van der Waals surface area contributed by atoms with E-state index in [4.69, 9.17) is 11.2 Å². The van der Waals surface area contributed by atoms with E-state index in [0.29, 0.717) is 12.3 Å². The maximum atomic E-state index is 11.7. The molecular formula is C6H10Br4ClOP. The number of hydrogen-bond donors (Lipinski definition) is 0. The Balaban J connectivity index is 3.74. The molecule has 0 fully saturated rings. The van der Waals surface area contributed by atoms with Crippen molar-refractivity contribution in [2.45, 2.75) is 20.3 Å². The van der Waals surface area contributed by atoms with Crippen LogP contribution in [0.1, 0.15) is 12.8 Å². The fraction of sp³-hybridized carbons (Fsp3) is 1.00. The fourth-order valence-corrected chi connectivity index (χ4v) is 5.12. The van der Waals surface area contributed by atoms with Crippen molar-refractivity contribution in [2.24, 2.45) is 0 Å². The Bertz CT molecular complexity index is 171. The van der Waals surface area contributed by atoms with Crippen molar-refractivity contribution in [1.82, 2.24) is 0 Å². The molecule has 0 unspecified atom stereocenters. The molecule has 0 aromatic carbocycles. The third kappa shape index (κ3) is 10.7. The molecule has 0 radical (unpaired) electrons. The Hall–Kier alpha value is 2.44. The first kappa shape index (κ1) is 15.4. The third-order valence-corrected chi connectivity index (χ3v) is 6.06. The molecule has 0 amide bonds. The molecule has 0 aromatic rings. The zero-order chi connectivity index (χ0) is 10.5. The van der Waals surface area contributed by atoms with Gasteiger partial charge in [-0.1, -0.05) is 75.0 Å². The van der Waals surface area contributed by atoms with E-state index in [-0.39, 0.29) is 7.47 Å². The molecule has 0 bridgehead atoms. The van der Waals surface area contributed by atoms with Crippen LogP contribution in [-0.4, -0.2) is 19.8 Å². The average Bonchev–Trinajstić information content (AvgIpc) is 1.98. The van der Waals surface area contributed by atoms with E-state index in [2.05, 4.69) is 63.7 Å². The van der Waals surface area contributed by atoms with Gasteiger partial charge in [-0.2, -0.15) is 0 Å². The fourth-order valence-electron chi connectivity index (χ4n) is 0.693. The van der Waals surface area contributed by atoms with Gasteiger partial charge in [-0.3, -0.25) is 0 Å². The molecule has 13 heavy (non-hydrogen) atoms. The molecule has 0 atom stereocenters. The second-order valence-electron chi connectivity index (χ2n) is 2.60. The van der Waals surface area contributed by atoms with Crippen molar-refractivity contribution in [2.75, 3.05) is 12.3 Å². The van der Waals surface area contributed by atoms with Gasteiger partial charge in [0, 0.05) is 12.3 Å². The largest absolute Gasteiger partial charge is 0.307 e. The highest BCUT2D eigenvalue weighted by molar-refractivity contribution is 9.25. The predicted molar refractivity (Wildman–Crippen MR) is 75.7 cm³/mol. The lowest BCUT2D eigenvalue weighted by atomic mass is 10.6. The van der Waals surface area contributed by atoms with Crippen molar-refractivity contribution < 1.29 is 4.57 Å². The van der Waals surface area contributed by atoms with Crippen molar-refractivity contribution in [3.8, 4) is 0 Å². The monoisotopic (exact) mass is 480 g/mol. The van der Waals surface area contributed by atoms with Gasteiger partial charge in [0.25, 0.3) is 0 Å². The van der Waals surface area contributed by atoms with E-state index in [1.165, 1.54) is 0 Å². The predicted octanol–water partition coefficient (Wildman–Crippen LogP) is 5.52. The molecule has 0 aliphatic carbocycles. The van der Waals surface area contributed by atoms with Crippen molar-refractivity contribution >= 4 is 81.5 Å². The summed E-state index contributed by atoms with van der Waals surface area (Å²) in [5.74, 6) is 0. The Labute approximate surface area is 117 Å². The van der Waals surface area contributed by atoms with Crippen LogP contribution in [0, 0.1) is 0 Å². The summed E-state index contributed by atoms with van der Waals surface area (Å²) in [7, 11) is 0. The number of rotatable bonds is 6. The minimum Gasteiger partial charge on any atom is -0.307 e. The summed E-state index contributed by atoms with van der Waals surface area (Å²) >= 11 is 19.2. The summed E-state index contributed by atoms with van der Waals surface area (Å²) in [5, 5.41) is 0. The van der Waals surface area contributed by atoms with Crippen LogP contribution in [0.25, 0.3) is 0 Å². The zero-order valence-corrected chi connectivity index (χ0v) is 14.7. The van der Waals surface area contributed by atoms with Crippen LogP contribution < -0.4 is 0 Å². The maximum Gasteiger partial charge on any atom is 0.169 e. The van der Waals surface area contributed by atoms with E-state index >= 15 is 0 Å². The zero-order valence-electron chi connectivity index (χ0n) is 6.73. The highest BCUT2D eigenvalue weighted by Crippen LogP contribution is 2.53. The highest BCUT2D eigenvalue weighted by Gasteiger charge is 2.19. The van der Waals surface area contributed by atoms with Gasteiger partial charge in [0.15, 0.2) is 6.49 Å². The molecule has 0 aromatic heterocycles. The van der Waals surface area contributed by atoms with Crippen LogP contribution in [-0.2, 0) is 4.57 Å². The SMILES string of the molecule is O=P(Cl)(CCC(Br)Br)CCC(Br)Br. The third-order valence-electron chi connectivity index (χ3n) is 1.36. The number of halogens is 5. The van der Waals surface area contributed by atoms with Gasteiger partial charge in [-0.15, -0.1) is 0 Å². The maximum absolute atomic E-state index is 11.7. The van der Waals surface area contributed by atoms with Gasteiger partial charge < -0.3 is 4.57 Å². The standard InChI is InChI=1S/C6H10Br4ClOP/c7-5(8)1-3-13(11,12)4-2-6(9)10/h5-6H,1-4H2. The summed E-state index contributed by atoms with van der Waals surface area (Å²) in [6.07, 6.45) is 2.72. The van der Waals surface area contributed by atoms with Crippen LogP contribution in [0.3, 0.4) is 0 Å². The van der Waals surface area contributed by atoms with Crippen molar-refractivity contribution in [3.05, 3.63) is 0 Å². The smallest absolute Gasteiger partial charge is 0.169 e. The molecule has 0 aliphatic heterocycles. The molecule has 0 saturated carbocycles. The first-order valence-electron chi connectivity index (χ1n) is 3.67. The first-order chi connectivity index (χ1) is 5.83. The Morgan fingerprint density at radius 2 is 1.31 bits per heavy atom. The lowest BCUT2D eigenvalue weighted by Crippen LogP contribution is -1.97. The van der Waals surface area contributed by atoms with E-state index < -0.39 is 6.49 Å². The van der Waals surface area contributed by atoms with Crippen molar-refractivity contribution in [1.29, 1.82) is 0 Å². The van der Waals surface area contributed by atoms with E-state index in [0.717, 1.165) is 12.8 Å². The second-order valence-corrected chi connectivity index (χ2v) is 13.8. The minimum atomic E-state index is -2.45. The van der Waals surface area contributed by atoms with Gasteiger partial charge in [0.05, 0.1) is 7.47 Å². The molecule has 80 valence electrons. The summed E-state index contributed by atoms with van der Waals surface area (Å²) in [6, 6.07) is 0. The van der Waals surface area contributed by atoms with Crippen LogP contribution >= 0.6 is 81.5 Å². The number of hydrogen-bond acceptors (Lipinski definition) is 1. The van der Waals surface area contributed by atoms with Gasteiger partial charge in [0.2, 0.25) is 0 Å². The van der Waals surface area contributed by atoms with Gasteiger partial charge in [-0.25, -0.2) is 0 Å². The van der Waals surface area contributed by atoms with Crippen LogP contribution in [0.2, 0.25) is 0 Å². The Morgan fingerprint density at radius 1 is 1.00 bits per heavy atom. The number of alkyl halides is 4. The molecule has 7 heteroatoms. The Morgan fingerprint density at radius 3 is 1.54 bits per heavy atom. The second kappa shape index (κ2) is 7.67. The van der Waals surface area contributed by atoms with Gasteiger partial charge >= 0.3 is 0 Å². The van der Waals surface area contributed by atoms with Crippen LogP contribution in [0.5, 0.6) is 0 Å². The summed E-state index contributed by atoms with van der Waals surface area (Å²) in [6.45, 7) is -2.45. The minimum absolute atomic E-state index is 0.204. The van der Waals surface area contributed by atoms with E-state index in [9.17, 15) is 4.57 Å². The molecule has 0 heterocycles. The average molecular weight is 484 g/mol. The molecule has 0 N–H and O–H groups in total. The van der Waals surface area contributed by atoms with E-state index in [1.807, 2.05) is 0 Å². The lowest BCUT2D eigenvalue weighted by Gasteiger charge is -2.11. The molecular weight excluding hydrogens is 474 g/mol. The lowest BCUT2D eigenvalue weighted by molar-refractivity contribution is 0.582. The molecule has 0 aliphatic rings. The topological polar surface area (TPSA) is 17.1 Å². The molecule has 1 nitrogen and oxygen atoms in total. The molecule has 0 saturated heterocycles. The first-order valence-corrected chi connectivity index (χ1v) is 10.3. The summed E-state index contributed by atoms with van der Waals surface area (Å²) in [4.78, 5) is 0. The normalized spacial score (nSPS) is 12.8. The summed E-state index contributed by atoms with van der Waals surface area (Å²) in [5.41, 5.74) is 0. The molecule has 0 spiro atoms. The van der Waals surface area contributed by atoms with Crippen LogP contribution in [0.4, 0.5) is 0 Å². The summed E-state index contributed by atoms with van der Waals surface area (Å²) < 4.78 is 12.1. The quantitative estimate of drug-likeness (QED) is 0.359. The van der Waals surface area contributed by atoms with Gasteiger partial charge in [-0.05, 0) is 12.8 Å². The molecule has 0 rings (SSSR count). The van der Waals surface area contributed by atoms with E-state index in [1.54, 1.807) is 0 Å². The van der Waals surface area contributed by atoms with Crippen molar-refractivity contribution in [3.63, 3.8) is 0 Å². The van der Waals surface area contributed by atoms with Crippen LogP contribution in [0.15, 0.2) is 0 Å². The van der Waals surface area contributed by atoms with Gasteiger partial charge in [0.1, 0.15) is 0 Å². The highest BCUT2D eigenvalue weighted by atomic mass is 79.9.